The number of carbonyl (C=O) groups is 1. The molecule has 1 fully saturated rings. The number of carbonyl (C=O) groups excluding carboxylic acids is 1. The van der Waals surface area contributed by atoms with Gasteiger partial charge in [0.15, 0.2) is 0 Å². The van der Waals surface area contributed by atoms with Crippen LogP contribution in [0.5, 0.6) is 0 Å². The van der Waals surface area contributed by atoms with Crippen LogP contribution in [0.1, 0.15) is 13.3 Å². The van der Waals surface area contributed by atoms with Crippen LogP contribution in [0.3, 0.4) is 0 Å². The summed E-state index contributed by atoms with van der Waals surface area (Å²) in [4.78, 5) is 12.5. The number of fused-ring (bicyclic) bond motifs is 1. The van der Waals surface area contributed by atoms with Gasteiger partial charge in [-0.25, -0.2) is 0 Å². The molecule has 3 nitrogen and oxygen atoms in total. The molecule has 2 aliphatic heterocycles. The quantitative estimate of drug-likeness (QED) is 0.386. The topological polar surface area (TPSA) is 43.4 Å². The number of hydrogen-bond acceptors (Lipinski definition) is 2. The predicted octanol–water partition coefficient (Wildman–Crippen LogP) is 0.211. The van der Waals surface area contributed by atoms with Crippen LogP contribution in [0.25, 0.3) is 0 Å². The van der Waals surface area contributed by atoms with Gasteiger partial charge >= 0.3 is 0 Å². The van der Waals surface area contributed by atoms with E-state index >= 15 is 0 Å². The largest absolute Gasteiger partial charge is 0.614 e. The molecule has 0 N–H and O–H groups in total. The van der Waals surface area contributed by atoms with Gasteiger partial charge in [-0.15, -0.1) is 0 Å². The van der Waals surface area contributed by atoms with E-state index in [1.807, 2.05) is 13.1 Å². The molecule has 4 heteroatoms. The van der Waals surface area contributed by atoms with Gasteiger partial charge in [-0.3, -0.25) is 9.69 Å². The van der Waals surface area contributed by atoms with E-state index in [9.17, 15) is 9.35 Å². The average Bonchev–Trinajstić information content (AvgIpc) is 1.93. The maximum Gasteiger partial charge on any atom is 0.237 e. The van der Waals surface area contributed by atoms with E-state index in [-0.39, 0.29) is 11.3 Å². The molecule has 2 atom stereocenters. The summed E-state index contributed by atoms with van der Waals surface area (Å²) < 4.78 is 11.3. The van der Waals surface area contributed by atoms with E-state index < -0.39 is 11.2 Å². The summed E-state index contributed by atoms with van der Waals surface area (Å²) in [5.41, 5.74) is 1.03. The van der Waals surface area contributed by atoms with Crippen LogP contribution in [-0.4, -0.2) is 26.5 Å². The van der Waals surface area contributed by atoms with Crippen LogP contribution in [0.2, 0.25) is 0 Å². The van der Waals surface area contributed by atoms with Crippen molar-refractivity contribution in [3.8, 4) is 0 Å². The van der Waals surface area contributed by atoms with E-state index in [2.05, 4.69) is 0 Å². The lowest BCUT2D eigenvalue weighted by molar-refractivity contribution is -0.138. The molecule has 2 aliphatic rings. The smallest absolute Gasteiger partial charge is 0.237 e. The van der Waals surface area contributed by atoms with Crippen molar-refractivity contribution >= 4 is 17.1 Å². The molecule has 0 radical (unpaired) electrons. The molecule has 0 unspecified atom stereocenters. The summed E-state index contributed by atoms with van der Waals surface area (Å²) in [7, 11) is 0. The highest BCUT2D eigenvalue weighted by Crippen LogP contribution is 2.30. The highest BCUT2D eigenvalue weighted by Gasteiger charge is 2.45. The standard InChI is InChI=1S/C7H9NO2S/c1-5-3-8-6(9)2-7(8)11(10)4-5/h3,7H,2,4H2,1H3/t7-,11-/m0/s1. The molecule has 11 heavy (non-hydrogen) atoms. The fourth-order valence-electron chi connectivity index (χ4n) is 1.37. The molecule has 0 spiro atoms. The minimum Gasteiger partial charge on any atom is -0.614 e. The molecule has 0 aromatic rings. The fraction of sp³-hybridized carbons (Fsp3) is 0.571. The van der Waals surface area contributed by atoms with E-state index in [1.165, 1.54) is 0 Å². The summed E-state index contributed by atoms with van der Waals surface area (Å²) in [6.45, 7) is 1.90. The molecule has 0 bridgehead atoms. The number of β-lactam (4-membered cyclic amide) rings is 1. The number of nitrogens with zero attached hydrogens (tertiary/aromatic N) is 1. The SMILES string of the molecule is CC1=CN2C(=O)C[C@@H]2[S@@+]([O-])C1. The normalized spacial score (nSPS) is 36.0. The van der Waals surface area contributed by atoms with Crippen LogP contribution in [0.15, 0.2) is 11.8 Å². The van der Waals surface area contributed by atoms with Crippen molar-refractivity contribution in [3.05, 3.63) is 11.8 Å². The molecule has 0 saturated carbocycles. The first-order valence-electron chi connectivity index (χ1n) is 3.54. The van der Waals surface area contributed by atoms with E-state index in [0.29, 0.717) is 12.2 Å². The van der Waals surface area contributed by atoms with Crippen LogP contribution >= 0.6 is 0 Å². The first kappa shape index (κ1) is 7.18. The first-order chi connectivity index (χ1) is 5.18. The number of hydrogen-bond donors (Lipinski definition) is 0. The summed E-state index contributed by atoms with van der Waals surface area (Å²) in [6.07, 6.45) is 2.29. The minimum atomic E-state index is -0.842. The number of amides is 1. The Kier molecular flexibility index (Phi) is 1.47. The van der Waals surface area contributed by atoms with E-state index in [1.54, 1.807) is 4.90 Å². The van der Waals surface area contributed by atoms with Gasteiger partial charge in [-0.1, -0.05) is 0 Å². The molecule has 1 amide bonds. The van der Waals surface area contributed by atoms with Crippen LogP contribution in [0, 0.1) is 0 Å². The zero-order valence-electron chi connectivity index (χ0n) is 6.24. The third-order valence-corrected chi connectivity index (χ3v) is 3.72. The lowest BCUT2D eigenvalue weighted by Gasteiger charge is -2.41. The average molecular weight is 171 g/mol. The monoisotopic (exact) mass is 171 g/mol. The summed E-state index contributed by atoms with van der Waals surface area (Å²) in [6, 6.07) is 0. The molecular weight excluding hydrogens is 162 g/mol. The zero-order chi connectivity index (χ0) is 8.01. The van der Waals surface area contributed by atoms with Crippen molar-refractivity contribution < 1.29 is 9.35 Å². The van der Waals surface area contributed by atoms with Gasteiger partial charge in [0.05, 0.1) is 6.42 Å². The van der Waals surface area contributed by atoms with Crippen LogP contribution < -0.4 is 0 Å². The van der Waals surface area contributed by atoms with Crippen molar-refractivity contribution in [2.24, 2.45) is 0 Å². The Hall–Kier alpha value is -0.480. The molecule has 0 aliphatic carbocycles. The van der Waals surface area contributed by atoms with Gasteiger partial charge in [-0.2, -0.15) is 0 Å². The predicted molar refractivity (Wildman–Crippen MR) is 42.0 cm³/mol. The van der Waals surface area contributed by atoms with Gasteiger partial charge in [0, 0.05) is 6.20 Å². The van der Waals surface area contributed by atoms with Gasteiger partial charge in [0.2, 0.25) is 11.3 Å². The van der Waals surface area contributed by atoms with E-state index in [0.717, 1.165) is 5.57 Å². The van der Waals surface area contributed by atoms with Gasteiger partial charge in [0.1, 0.15) is 5.75 Å². The molecule has 60 valence electrons. The second-order valence-electron chi connectivity index (χ2n) is 2.96. The highest BCUT2D eigenvalue weighted by molar-refractivity contribution is 7.92. The Balaban J connectivity index is 2.22. The van der Waals surface area contributed by atoms with Crippen molar-refractivity contribution in [2.45, 2.75) is 18.7 Å². The summed E-state index contributed by atoms with van der Waals surface area (Å²) in [5, 5.41) is -0.00815. The zero-order valence-corrected chi connectivity index (χ0v) is 7.06. The Morgan fingerprint density at radius 2 is 2.55 bits per heavy atom. The third kappa shape index (κ3) is 0.973. The molecule has 0 aromatic carbocycles. The molecule has 2 heterocycles. The lowest BCUT2D eigenvalue weighted by atomic mass is 10.2. The van der Waals surface area contributed by atoms with Gasteiger partial charge in [0.25, 0.3) is 0 Å². The summed E-state index contributed by atoms with van der Waals surface area (Å²) >= 11 is -0.842. The Labute approximate surface area is 68.2 Å². The molecular formula is C7H9NO2S. The fourth-order valence-corrected chi connectivity index (χ4v) is 2.85. The van der Waals surface area contributed by atoms with Crippen molar-refractivity contribution in [2.75, 3.05) is 5.75 Å². The van der Waals surface area contributed by atoms with Gasteiger partial charge < -0.3 is 4.55 Å². The number of rotatable bonds is 0. The maximum atomic E-state index is 11.3. The summed E-state index contributed by atoms with van der Waals surface area (Å²) in [5.74, 6) is 0.733. The Bertz CT molecular complexity index is 239. The van der Waals surface area contributed by atoms with Crippen LogP contribution in [0.4, 0.5) is 0 Å². The van der Waals surface area contributed by atoms with Gasteiger partial charge in [-0.05, 0) is 23.7 Å². The second kappa shape index (κ2) is 2.25. The highest BCUT2D eigenvalue weighted by atomic mass is 32.2. The molecule has 0 aromatic heterocycles. The maximum absolute atomic E-state index is 11.3. The van der Waals surface area contributed by atoms with E-state index in [4.69, 9.17) is 0 Å². The Morgan fingerprint density at radius 3 is 3.18 bits per heavy atom. The third-order valence-electron chi connectivity index (χ3n) is 1.98. The lowest BCUT2D eigenvalue weighted by Crippen LogP contribution is -2.56. The van der Waals surface area contributed by atoms with Crippen molar-refractivity contribution in [3.63, 3.8) is 0 Å². The minimum absolute atomic E-state index is 0.00815. The van der Waals surface area contributed by atoms with Crippen molar-refractivity contribution in [1.29, 1.82) is 0 Å². The van der Waals surface area contributed by atoms with Crippen LogP contribution in [-0.2, 0) is 16.0 Å². The molecule has 1 saturated heterocycles. The molecule has 2 rings (SSSR count). The van der Waals surface area contributed by atoms with Crippen molar-refractivity contribution in [1.82, 2.24) is 4.90 Å². The first-order valence-corrected chi connectivity index (χ1v) is 4.92. The second-order valence-corrected chi connectivity index (χ2v) is 4.55. The Morgan fingerprint density at radius 1 is 1.82 bits per heavy atom.